The zero-order valence-corrected chi connectivity index (χ0v) is 12.9. The summed E-state index contributed by atoms with van der Waals surface area (Å²) in [6.45, 7) is 9.07. The number of nitrogens with zero attached hydrogens (tertiary/aromatic N) is 4. The van der Waals surface area contributed by atoms with E-state index in [4.69, 9.17) is 5.84 Å². The molecule has 2 aromatic heterocycles. The minimum absolute atomic E-state index is 0.259. The second kappa shape index (κ2) is 5.72. The molecule has 0 spiro atoms. The van der Waals surface area contributed by atoms with Crippen molar-refractivity contribution in [1.29, 1.82) is 0 Å². The van der Waals surface area contributed by atoms with Gasteiger partial charge in [-0.1, -0.05) is 13.8 Å². The van der Waals surface area contributed by atoms with Gasteiger partial charge in [-0.15, -0.1) is 0 Å². The Hall–Kier alpha value is -2.09. The molecule has 0 saturated carbocycles. The second-order valence-electron chi connectivity index (χ2n) is 5.33. The third kappa shape index (κ3) is 2.35. The molecule has 21 heavy (non-hydrogen) atoms. The summed E-state index contributed by atoms with van der Waals surface area (Å²) in [5.74, 6) is 6.11. The van der Waals surface area contributed by atoms with Crippen LogP contribution in [0.15, 0.2) is 9.59 Å². The van der Waals surface area contributed by atoms with Gasteiger partial charge < -0.3 is 4.57 Å². The molecule has 0 saturated heterocycles. The van der Waals surface area contributed by atoms with E-state index in [1.54, 1.807) is 16.1 Å². The van der Waals surface area contributed by atoms with E-state index in [1.165, 1.54) is 4.57 Å². The maximum Gasteiger partial charge on any atom is 0.332 e. The number of nitrogen functional groups attached to an aromatic ring is 1. The summed E-state index contributed by atoms with van der Waals surface area (Å²) in [7, 11) is 0. The number of aromatic nitrogens is 4. The van der Waals surface area contributed by atoms with Gasteiger partial charge in [0.1, 0.15) is 0 Å². The van der Waals surface area contributed by atoms with Crippen molar-refractivity contribution < 1.29 is 0 Å². The van der Waals surface area contributed by atoms with E-state index in [-0.39, 0.29) is 17.2 Å². The standard InChI is InChI=1S/C13H22N6O2/c1-5-17-9-10(15-12(17)16-14)19(7-8(3)4)13(21)18(6-2)11(9)20/h8H,5-7,14H2,1-4H3,(H,15,16). The molecule has 0 bridgehead atoms. The average Bonchev–Trinajstić information content (AvgIpc) is 2.82. The van der Waals surface area contributed by atoms with Gasteiger partial charge in [-0.3, -0.25) is 19.4 Å². The monoisotopic (exact) mass is 294 g/mol. The molecule has 0 aromatic carbocycles. The Kier molecular flexibility index (Phi) is 4.17. The van der Waals surface area contributed by atoms with Crippen LogP contribution < -0.4 is 22.5 Å². The number of nitrogens with one attached hydrogen (secondary N) is 1. The minimum atomic E-state index is -0.326. The molecule has 0 aliphatic rings. The Bertz CT molecular complexity index is 768. The van der Waals surface area contributed by atoms with Crippen LogP contribution in [0.1, 0.15) is 27.7 Å². The molecule has 2 heterocycles. The fourth-order valence-electron chi connectivity index (χ4n) is 2.52. The van der Waals surface area contributed by atoms with Gasteiger partial charge in [-0.2, -0.15) is 4.98 Å². The lowest BCUT2D eigenvalue weighted by Gasteiger charge is -2.12. The smallest absolute Gasteiger partial charge is 0.304 e. The molecule has 0 radical (unpaired) electrons. The van der Waals surface area contributed by atoms with Crippen molar-refractivity contribution in [2.45, 2.75) is 47.3 Å². The molecule has 116 valence electrons. The first-order valence-corrected chi connectivity index (χ1v) is 7.16. The number of aryl methyl sites for hydroxylation is 1. The topological polar surface area (TPSA) is 99.9 Å². The lowest BCUT2D eigenvalue weighted by molar-refractivity contribution is 0.491. The van der Waals surface area contributed by atoms with Gasteiger partial charge in [0.05, 0.1) is 0 Å². The van der Waals surface area contributed by atoms with E-state index < -0.39 is 0 Å². The van der Waals surface area contributed by atoms with E-state index in [0.717, 1.165) is 0 Å². The lowest BCUT2D eigenvalue weighted by atomic mass is 10.2. The van der Waals surface area contributed by atoms with E-state index in [2.05, 4.69) is 10.4 Å². The van der Waals surface area contributed by atoms with Gasteiger partial charge >= 0.3 is 5.69 Å². The van der Waals surface area contributed by atoms with Gasteiger partial charge in [0.2, 0.25) is 5.95 Å². The van der Waals surface area contributed by atoms with Crippen molar-refractivity contribution in [3.8, 4) is 0 Å². The maximum absolute atomic E-state index is 12.5. The number of rotatable bonds is 5. The Morgan fingerprint density at radius 2 is 1.76 bits per heavy atom. The van der Waals surface area contributed by atoms with Crippen molar-refractivity contribution in [1.82, 2.24) is 18.7 Å². The van der Waals surface area contributed by atoms with Gasteiger partial charge in [0.25, 0.3) is 5.56 Å². The highest BCUT2D eigenvalue weighted by molar-refractivity contribution is 5.74. The molecule has 8 nitrogen and oxygen atoms in total. The molecular weight excluding hydrogens is 272 g/mol. The SMILES string of the molecule is CCn1c(=O)c2c(nc(NN)n2CC)n(CC(C)C)c1=O. The second-order valence-corrected chi connectivity index (χ2v) is 5.33. The number of hydrogen-bond donors (Lipinski definition) is 2. The number of anilines is 1. The number of hydrogen-bond acceptors (Lipinski definition) is 5. The predicted molar refractivity (Wildman–Crippen MR) is 82.2 cm³/mol. The molecule has 2 aromatic rings. The number of hydrazine groups is 1. The van der Waals surface area contributed by atoms with Crippen molar-refractivity contribution in [3.63, 3.8) is 0 Å². The summed E-state index contributed by atoms with van der Waals surface area (Å²) in [4.78, 5) is 29.4. The van der Waals surface area contributed by atoms with Gasteiger partial charge in [-0.05, 0) is 19.8 Å². The third-order valence-corrected chi connectivity index (χ3v) is 3.42. The number of nitrogens with two attached hydrogens (primary N) is 1. The zero-order valence-electron chi connectivity index (χ0n) is 12.9. The highest BCUT2D eigenvalue weighted by Crippen LogP contribution is 2.15. The third-order valence-electron chi connectivity index (χ3n) is 3.42. The fourth-order valence-corrected chi connectivity index (χ4v) is 2.52. The first kappa shape index (κ1) is 15.3. The Morgan fingerprint density at radius 1 is 1.14 bits per heavy atom. The van der Waals surface area contributed by atoms with Crippen molar-refractivity contribution in [2.75, 3.05) is 5.43 Å². The average molecular weight is 294 g/mol. The van der Waals surface area contributed by atoms with E-state index in [9.17, 15) is 9.59 Å². The Morgan fingerprint density at radius 3 is 2.24 bits per heavy atom. The maximum atomic E-state index is 12.5. The molecule has 0 aliphatic carbocycles. The van der Waals surface area contributed by atoms with Gasteiger partial charge in [0, 0.05) is 19.6 Å². The normalized spacial score (nSPS) is 11.5. The highest BCUT2D eigenvalue weighted by atomic mass is 16.2. The molecule has 2 rings (SSSR count). The molecule has 0 fully saturated rings. The fraction of sp³-hybridized carbons (Fsp3) is 0.615. The Balaban J connectivity index is 2.98. The zero-order chi connectivity index (χ0) is 15.7. The molecular formula is C13H22N6O2. The lowest BCUT2D eigenvalue weighted by Crippen LogP contribution is -2.40. The summed E-state index contributed by atoms with van der Waals surface area (Å²) in [6, 6.07) is 0. The molecule has 3 N–H and O–H groups in total. The van der Waals surface area contributed by atoms with Crippen LogP contribution in [-0.4, -0.2) is 18.7 Å². The van der Waals surface area contributed by atoms with Crippen LogP contribution in [0.4, 0.5) is 5.95 Å². The number of fused-ring (bicyclic) bond motifs is 1. The summed E-state index contributed by atoms with van der Waals surface area (Å²) >= 11 is 0. The van der Waals surface area contributed by atoms with Crippen LogP contribution in [0.5, 0.6) is 0 Å². The molecule has 8 heteroatoms. The highest BCUT2D eigenvalue weighted by Gasteiger charge is 2.20. The van der Waals surface area contributed by atoms with Gasteiger partial charge in [0.15, 0.2) is 11.2 Å². The largest absolute Gasteiger partial charge is 0.332 e. The summed E-state index contributed by atoms with van der Waals surface area (Å²) in [6.07, 6.45) is 0. The molecule has 0 atom stereocenters. The summed E-state index contributed by atoms with van der Waals surface area (Å²) in [5.41, 5.74) is 2.63. The van der Waals surface area contributed by atoms with E-state index >= 15 is 0 Å². The molecule has 0 aliphatic heterocycles. The molecule has 0 amide bonds. The summed E-state index contributed by atoms with van der Waals surface area (Å²) in [5, 5.41) is 0. The minimum Gasteiger partial charge on any atom is -0.304 e. The van der Waals surface area contributed by atoms with Crippen LogP contribution in [0.3, 0.4) is 0 Å². The van der Waals surface area contributed by atoms with Crippen LogP contribution in [0, 0.1) is 5.92 Å². The van der Waals surface area contributed by atoms with Crippen molar-refractivity contribution in [2.24, 2.45) is 11.8 Å². The number of imidazole rings is 1. The first-order valence-electron chi connectivity index (χ1n) is 7.16. The van der Waals surface area contributed by atoms with E-state index in [0.29, 0.717) is 36.7 Å². The van der Waals surface area contributed by atoms with Crippen LogP contribution in [0.2, 0.25) is 0 Å². The predicted octanol–water partition coefficient (Wildman–Crippen LogP) is 0.341. The first-order chi connectivity index (χ1) is 9.96. The van der Waals surface area contributed by atoms with E-state index in [1.807, 2.05) is 20.8 Å². The van der Waals surface area contributed by atoms with Crippen molar-refractivity contribution >= 4 is 17.1 Å². The van der Waals surface area contributed by atoms with Crippen LogP contribution in [-0.2, 0) is 19.6 Å². The van der Waals surface area contributed by atoms with Crippen LogP contribution in [0.25, 0.3) is 11.2 Å². The van der Waals surface area contributed by atoms with Crippen molar-refractivity contribution in [3.05, 3.63) is 20.8 Å². The molecule has 0 unspecified atom stereocenters. The van der Waals surface area contributed by atoms with Crippen LogP contribution >= 0.6 is 0 Å². The summed E-state index contributed by atoms with van der Waals surface area (Å²) < 4.78 is 4.48. The Labute approximate surface area is 122 Å². The quantitative estimate of drug-likeness (QED) is 0.612. The van der Waals surface area contributed by atoms with Gasteiger partial charge in [-0.25, -0.2) is 10.6 Å².